The van der Waals surface area contributed by atoms with Crippen molar-refractivity contribution in [2.75, 3.05) is 25.1 Å². The summed E-state index contributed by atoms with van der Waals surface area (Å²) in [5.41, 5.74) is 1.13. The first-order valence-electron chi connectivity index (χ1n) is 9.40. The van der Waals surface area contributed by atoms with E-state index in [4.69, 9.17) is 4.74 Å². The molecule has 2 N–H and O–H groups in total. The molecule has 0 aliphatic carbocycles. The van der Waals surface area contributed by atoms with Crippen LogP contribution in [0.3, 0.4) is 0 Å². The number of hydrogen-bond acceptors (Lipinski definition) is 4. The summed E-state index contributed by atoms with van der Waals surface area (Å²) in [4.78, 5) is 28.2. The molecule has 1 aromatic carbocycles. The smallest absolute Gasteiger partial charge is 0.251 e. The molecule has 1 heterocycles. The van der Waals surface area contributed by atoms with Crippen LogP contribution in [-0.4, -0.2) is 41.1 Å². The van der Waals surface area contributed by atoms with Crippen LogP contribution in [0, 0.1) is 0 Å². The van der Waals surface area contributed by atoms with Gasteiger partial charge in [0.1, 0.15) is 0 Å². The molecular weight excluding hydrogens is 344 g/mol. The standard InChI is InChI=1S/C20H28N4O3/c1-2-3-13-27-14-5-9-22-20(26)17-6-4-7-18(15-17)23-19(25)8-11-24-12-10-21-16-24/h4,6-7,10,12,15-16H,2-3,5,8-9,11,13-14H2,1H3,(H,22,26)(H,23,25). The highest BCUT2D eigenvalue weighted by molar-refractivity contribution is 5.97. The van der Waals surface area contributed by atoms with Crippen molar-refractivity contribution in [2.24, 2.45) is 0 Å². The number of nitrogens with zero attached hydrogens (tertiary/aromatic N) is 2. The predicted octanol–water partition coefficient (Wildman–Crippen LogP) is 2.85. The van der Waals surface area contributed by atoms with Crippen LogP contribution < -0.4 is 10.6 Å². The van der Waals surface area contributed by atoms with Gasteiger partial charge in [-0.25, -0.2) is 4.98 Å². The van der Waals surface area contributed by atoms with E-state index in [0.29, 0.717) is 37.4 Å². The van der Waals surface area contributed by atoms with Crippen LogP contribution in [0.5, 0.6) is 0 Å². The molecule has 1 aromatic heterocycles. The highest BCUT2D eigenvalue weighted by Crippen LogP contribution is 2.11. The first-order valence-corrected chi connectivity index (χ1v) is 9.40. The lowest BCUT2D eigenvalue weighted by Crippen LogP contribution is -2.25. The van der Waals surface area contributed by atoms with Crippen molar-refractivity contribution in [1.82, 2.24) is 14.9 Å². The Morgan fingerprint density at radius 1 is 1.22 bits per heavy atom. The Balaban J connectivity index is 1.71. The zero-order chi connectivity index (χ0) is 19.3. The van der Waals surface area contributed by atoms with Crippen LogP contribution in [0.4, 0.5) is 5.69 Å². The molecule has 0 unspecified atom stereocenters. The van der Waals surface area contributed by atoms with E-state index >= 15 is 0 Å². The van der Waals surface area contributed by atoms with Gasteiger partial charge in [-0.15, -0.1) is 0 Å². The average molecular weight is 372 g/mol. The largest absolute Gasteiger partial charge is 0.381 e. The molecule has 7 heteroatoms. The molecule has 146 valence electrons. The zero-order valence-electron chi connectivity index (χ0n) is 15.8. The normalized spacial score (nSPS) is 10.6. The number of aromatic nitrogens is 2. The van der Waals surface area contributed by atoms with E-state index in [9.17, 15) is 9.59 Å². The van der Waals surface area contributed by atoms with Crippen LogP contribution >= 0.6 is 0 Å². The van der Waals surface area contributed by atoms with E-state index in [1.165, 1.54) is 0 Å². The van der Waals surface area contributed by atoms with Crippen LogP contribution in [0.1, 0.15) is 43.0 Å². The summed E-state index contributed by atoms with van der Waals surface area (Å²) in [5, 5.41) is 5.70. The lowest BCUT2D eigenvalue weighted by Gasteiger charge is -2.09. The summed E-state index contributed by atoms with van der Waals surface area (Å²) in [7, 11) is 0. The molecular formula is C20H28N4O3. The second-order valence-corrected chi connectivity index (χ2v) is 6.25. The molecule has 2 amide bonds. The number of amides is 2. The third-order valence-corrected chi connectivity index (χ3v) is 3.96. The predicted molar refractivity (Wildman–Crippen MR) is 105 cm³/mol. The SMILES string of the molecule is CCCCOCCCNC(=O)c1cccc(NC(=O)CCn2ccnc2)c1. The van der Waals surface area contributed by atoms with E-state index < -0.39 is 0 Å². The second-order valence-electron chi connectivity index (χ2n) is 6.25. The molecule has 7 nitrogen and oxygen atoms in total. The molecule has 0 saturated carbocycles. The van der Waals surface area contributed by atoms with Gasteiger partial charge in [0.05, 0.1) is 6.33 Å². The van der Waals surface area contributed by atoms with Crippen molar-refractivity contribution in [1.29, 1.82) is 0 Å². The third-order valence-electron chi connectivity index (χ3n) is 3.96. The average Bonchev–Trinajstić information content (AvgIpc) is 3.19. The molecule has 2 aromatic rings. The van der Waals surface area contributed by atoms with E-state index in [1.54, 1.807) is 36.8 Å². The molecule has 0 aliphatic rings. The number of aryl methyl sites for hydroxylation is 1. The summed E-state index contributed by atoms with van der Waals surface area (Å²) >= 11 is 0. The number of hydrogen-bond donors (Lipinski definition) is 2. The third kappa shape index (κ3) is 8.04. The fraction of sp³-hybridized carbons (Fsp3) is 0.450. The summed E-state index contributed by atoms with van der Waals surface area (Å²) in [6.07, 6.45) is 8.46. The Morgan fingerprint density at radius 3 is 2.85 bits per heavy atom. The van der Waals surface area contributed by atoms with Crippen molar-refractivity contribution in [2.45, 2.75) is 39.2 Å². The van der Waals surface area contributed by atoms with Gasteiger partial charge in [0.15, 0.2) is 0 Å². The molecule has 0 bridgehead atoms. The quantitative estimate of drug-likeness (QED) is 0.561. The fourth-order valence-electron chi connectivity index (χ4n) is 2.44. The Hall–Kier alpha value is -2.67. The number of nitrogens with one attached hydrogen (secondary N) is 2. The number of carbonyl (C=O) groups excluding carboxylic acids is 2. The van der Waals surface area contributed by atoms with Gasteiger partial charge in [-0.2, -0.15) is 0 Å². The lowest BCUT2D eigenvalue weighted by atomic mass is 10.2. The van der Waals surface area contributed by atoms with Crippen molar-refractivity contribution >= 4 is 17.5 Å². The van der Waals surface area contributed by atoms with Crippen LogP contribution in [0.25, 0.3) is 0 Å². The molecule has 27 heavy (non-hydrogen) atoms. The summed E-state index contributed by atoms with van der Waals surface area (Å²) in [5.74, 6) is -0.261. The minimum Gasteiger partial charge on any atom is -0.381 e. The summed E-state index contributed by atoms with van der Waals surface area (Å²) in [6, 6.07) is 6.94. The number of anilines is 1. The van der Waals surface area contributed by atoms with Crippen molar-refractivity contribution in [3.05, 3.63) is 48.5 Å². The van der Waals surface area contributed by atoms with E-state index in [2.05, 4.69) is 22.5 Å². The first kappa shape index (κ1) is 20.6. The van der Waals surface area contributed by atoms with Gasteiger partial charge in [0.2, 0.25) is 5.91 Å². The van der Waals surface area contributed by atoms with Gasteiger partial charge in [-0.1, -0.05) is 19.4 Å². The van der Waals surface area contributed by atoms with Gasteiger partial charge in [0, 0.05) is 56.4 Å². The molecule has 0 fully saturated rings. The number of rotatable bonds is 12. The van der Waals surface area contributed by atoms with E-state index in [0.717, 1.165) is 25.9 Å². The highest BCUT2D eigenvalue weighted by Gasteiger charge is 2.08. The van der Waals surface area contributed by atoms with E-state index in [-0.39, 0.29) is 11.8 Å². The van der Waals surface area contributed by atoms with Crippen molar-refractivity contribution in [3.63, 3.8) is 0 Å². The molecule has 0 radical (unpaired) electrons. The number of imidazole rings is 1. The fourth-order valence-corrected chi connectivity index (χ4v) is 2.44. The summed E-state index contributed by atoms with van der Waals surface area (Å²) in [6.45, 7) is 4.67. The highest BCUT2D eigenvalue weighted by atomic mass is 16.5. The van der Waals surface area contributed by atoms with Crippen molar-refractivity contribution in [3.8, 4) is 0 Å². The van der Waals surface area contributed by atoms with Crippen LogP contribution in [0.2, 0.25) is 0 Å². The summed E-state index contributed by atoms with van der Waals surface area (Å²) < 4.78 is 7.31. The first-order chi connectivity index (χ1) is 13.2. The molecule has 2 rings (SSSR count). The number of carbonyl (C=O) groups is 2. The molecule has 0 aliphatic heterocycles. The van der Waals surface area contributed by atoms with Crippen molar-refractivity contribution < 1.29 is 14.3 Å². The van der Waals surface area contributed by atoms with Gasteiger partial charge in [0.25, 0.3) is 5.91 Å². The number of ether oxygens (including phenoxy) is 1. The Kier molecular flexibility index (Phi) is 9.06. The number of unbranched alkanes of at least 4 members (excludes halogenated alkanes) is 1. The maximum Gasteiger partial charge on any atom is 0.251 e. The Labute approximate surface area is 160 Å². The van der Waals surface area contributed by atoms with Gasteiger partial charge in [-0.05, 0) is 31.0 Å². The van der Waals surface area contributed by atoms with E-state index in [1.807, 2.05) is 10.8 Å². The van der Waals surface area contributed by atoms with Crippen LogP contribution in [0.15, 0.2) is 43.0 Å². The topological polar surface area (TPSA) is 85.3 Å². The maximum atomic E-state index is 12.2. The van der Waals surface area contributed by atoms with Gasteiger partial charge >= 0.3 is 0 Å². The monoisotopic (exact) mass is 372 g/mol. The van der Waals surface area contributed by atoms with Crippen LogP contribution in [-0.2, 0) is 16.1 Å². The Bertz CT molecular complexity index is 701. The minimum absolute atomic E-state index is 0.106. The zero-order valence-corrected chi connectivity index (χ0v) is 15.8. The maximum absolute atomic E-state index is 12.2. The van der Waals surface area contributed by atoms with Gasteiger partial charge < -0.3 is 19.9 Å². The second kappa shape index (κ2) is 11.9. The molecule has 0 spiro atoms. The molecule has 0 atom stereocenters. The lowest BCUT2D eigenvalue weighted by molar-refractivity contribution is -0.116. The molecule has 0 saturated heterocycles. The Morgan fingerprint density at radius 2 is 2.07 bits per heavy atom. The minimum atomic E-state index is -0.155. The number of benzene rings is 1. The van der Waals surface area contributed by atoms with Gasteiger partial charge in [-0.3, -0.25) is 9.59 Å².